The Labute approximate surface area is 143 Å². The summed E-state index contributed by atoms with van der Waals surface area (Å²) < 4.78 is 22.9. The Bertz CT molecular complexity index is 746. The number of ether oxygens (including phenoxy) is 2. The summed E-state index contributed by atoms with van der Waals surface area (Å²) in [5.41, 5.74) is 0.315. The van der Waals surface area contributed by atoms with Gasteiger partial charge in [0.2, 0.25) is 0 Å². The van der Waals surface area contributed by atoms with Crippen LogP contribution in [0.1, 0.15) is 17.3 Å². The minimum atomic E-state index is -0.997. The summed E-state index contributed by atoms with van der Waals surface area (Å²) >= 11 is 0. The van der Waals surface area contributed by atoms with Crippen LogP contribution < -0.4 is 10.1 Å². The molecular formula is C18H16FNO5. The molecule has 0 bridgehead atoms. The smallest absolute Gasteiger partial charge is 0.347 e. The first-order valence-electron chi connectivity index (χ1n) is 7.44. The van der Waals surface area contributed by atoms with Crippen LogP contribution in [-0.4, -0.2) is 30.5 Å². The number of nitrogens with one attached hydrogen (secondary N) is 1. The summed E-state index contributed by atoms with van der Waals surface area (Å²) in [5.74, 6) is -2.27. The highest BCUT2D eigenvalue weighted by atomic mass is 19.1. The molecule has 7 heteroatoms. The number of amides is 2. The van der Waals surface area contributed by atoms with E-state index < -0.39 is 36.3 Å². The van der Waals surface area contributed by atoms with Crippen molar-refractivity contribution in [3.8, 4) is 5.75 Å². The summed E-state index contributed by atoms with van der Waals surface area (Å²) in [6.07, 6.45) is -0.997. The number of benzene rings is 2. The molecule has 0 fully saturated rings. The van der Waals surface area contributed by atoms with Crippen molar-refractivity contribution < 1.29 is 28.2 Å². The van der Waals surface area contributed by atoms with Crippen molar-refractivity contribution in [3.63, 3.8) is 0 Å². The molecule has 0 aliphatic rings. The molecule has 0 heterocycles. The molecule has 0 saturated heterocycles. The highest BCUT2D eigenvalue weighted by Gasteiger charge is 2.19. The monoisotopic (exact) mass is 345 g/mol. The molecule has 6 nitrogen and oxygen atoms in total. The van der Waals surface area contributed by atoms with E-state index in [9.17, 15) is 18.8 Å². The zero-order valence-corrected chi connectivity index (χ0v) is 13.4. The summed E-state index contributed by atoms with van der Waals surface area (Å²) in [4.78, 5) is 35.2. The molecule has 0 aromatic heterocycles. The predicted octanol–water partition coefficient (Wildman–Crippen LogP) is 2.09. The van der Waals surface area contributed by atoms with E-state index in [0.717, 1.165) is 0 Å². The SMILES string of the molecule is C[C@H](Oc1ccc(F)cc1)C(=O)OCC(=O)NC(=O)c1ccccc1. The second kappa shape index (κ2) is 8.58. The first-order valence-corrected chi connectivity index (χ1v) is 7.44. The fourth-order valence-corrected chi connectivity index (χ4v) is 1.84. The summed E-state index contributed by atoms with van der Waals surface area (Å²) in [7, 11) is 0. The molecule has 2 aromatic carbocycles. The molecule has 2 aromatic rings. The molecule has 25 heavy (non-hydrogen) atoms. The van der Waals surface area contributed by atoms with Crippen LogP contribution in [0.4, 0.5) is 4.39 Å². The molecule has 2 rings (SSSR count). The van der Waals surface area contributed by atoms with E-state index in [2.05, 4.69) is 5.32 Å². The molecule has 0 saturated carbocycles. The average molecular weight is 345 g/mol. The fourth-order valence-electron chi connectivity index (χ4n) is 1.84. The van der Waals surface area contributed by atoms with Crippen molar-refractivity contribution in [1.29, 1.82) is 0 Å². The van der Waals surface area contributed by atoms with Gasteiger partial charge in [-0.3, -0.25) is 14.9 Å². The molecular weight excluding hydrogens is 329 g/mol. The average Bonchev–Trinajstić information content (AvgIpc) is 2.62. The van der Waals surface area contributed by atoms with Gasteiger partial charge in [-0.1, -0.05) is 18.2 Å². The summed E-state index contributed by atoms with van der Waals surface area (Å²) in [5, 5.41) is 2.11. The van der Waals surface area contributed by atoms with Crippen LogP contribution in [0.5, 0.6) is 5.75 Å². The third-order valence-corrected chi connectivity index (χ3v) is 3.09. The minimum absolute atomic E-state index is 0.287. The molecule has 2 amide bonds. The largest absolute Gasteiger partial charge is 0.479 e. The lowest BCUT2D eigenvalue weighted by Crippen LogP contribution is -2.36. The summed E-state index contributed by atoms with van der Waals surface area (Å²) in [6, 6.07) is 13.3. The Morgan fingerprint density at radius 1 is 1.04 bits per heavy atom. The van der Waals surface area contributed by atoms with Crippen molar-refractivity contribution in [2.24, 2.45) is 0 Å². The van der Waals surface area contributed by atoms with Gasteiger partial charge in [-0.15, -0.1) is 0 Å². The second-order valence-electron chi connectivity index (χ2n) is 5.07. The first kappa shape index (κ1) is 18.1. The van der Waals surface area contributed by atoms with Crippen LogP contribution in [0.3, 0.4) is 0 Å². The predicted molar refractivity (Wildman–Crippen MR) is 86.4 cm³/mol. The van der Waals surface area contributed by atoms with Crippen LogP contribution in [0.15, 0.2) is 54.6 Å². The number of carbonyl (C=O) groups excluding carboxylic acids is 3. The van der Waals surface area contributed by atoms with E-state index in [1.807, 2.05) is 0 Å². The summed E-state index contributed by atoms with van der Waals surface area (Å²) in [6.45, 7) is 0.813. The van der Waals surface area contributed by atoms with Crippen molar-refractivity contribution in [3.05, 3.63) is 66.0 Å². The molecule has 1 atom stereocenters. The Hall–Kier alpha value is -3.22. The van der Waals surface area contributed by atoms with Crippen molar-refractivity contribution >= 4 is 17.8 Å². The van der Waals surface area contributed by atoms with E-state index >= 15 is 0 Å². The van der Waals surface area contributed by atoms with Gasteiger partial charge in [0, 0.05) is 5.56 Å². The van der Waals surface area contributed by atoms with Gasteiger partial charge in [0.25, 0.3) is 11.8 Å². The van der Waals surface area contributed by atoms with E-state index in [0.29, 0.717) is 5.56 Å². The molecule has 0 aliphatic heterocycles. The highest BCUT2D eigenvalue weighted by Crippen LogP contribution is 2.13. The Kier molecular flexibility index (Phi) is 6.22. The number of halogens is 1. The number of hydrogen-bond donors (Lipinski definition) is 1. The van der Waals surface area contributed by atoms with E-state index in [-0.39, 0.29) is 5.75 Å². The standard InChI is InChI=1S/C18H16FNO5/c1-12(25-15-9-7-14(19)8-10-15)18(23)24-11-16(21)20-17(22)13-5-3-2-4-6-13/h2-10,12H,11H2,1H3,(H,20,21,22)/t12-/m0/s1. The van der Waals surface area contributed by atoms with Gasteiger partial charge in [-0.25, -0.2) is 9.18 Å². The van der Waals surface area contributed by atoms with Gasteiger partial charge in [0.1, 0.15) is 11.6 Å². The Morgan fingerprint density at radius 2 is 1.68 bits per heavy atom. The normalized spacial score (nSPS) is 11.3. The van der Waals surface area contributed by atoms with Crippen LogP contribution in [0, 0.1) is 5.82 Å². The Morgan fingerprint density at radius 3 is 2.32 bits per heavy atom. The van der Waals surface area contributed by atoms with Crippen LogP contribution in [0.2, 0.25) is 0 Å². The zero-order chi connectivity index (χ0) is 18.2. The maximum absolute atomic E-state index is 12.8. The van der Waals surface area contributed by atoms with Gasteiger partial charge in [-0.05, 0) is 43.3 Å². The number of esters is 1. The van der Waals surface area contributed by atoms with E-state index in [1.54, 1.807) is 30.3 Å². The van der Waals surface area contributed by atoms with Crippen molar-refractivity contribution in [2.75, 3.05) is 6.61 Å². The number of imide groups is 1. The first-order chi connectivity index (χ1) is 12.0. The maximum atomic E-state index is 12.8. The van der Waals surface area contributed by atoms with Gasteiger partial charge in [0.15, 0.2) is 12.7 Å². The highest BCUT2D eigenvalue weighted by molar-refractivity contribution is 6.05. The molecule has 0 unspecified atom stereocenters. The topological polar surface area (TPSA) is 81.7 Å². The van der Waals surface area contributed by atoms with Gasteiger partial charge in [-0.2, -0.15) is 0 Å². The lowest BCUT2D eigenvalue weighted by Gasteiger charge is -2.13. The molecule has 0 aliphatic carbocycles. The van der Waals surface area contributed by atoms with Crippen molar-refractivity contribution in [1.82, 2.24) is 5.32 Å². The van der Waals surface area contributed by atoms with Gasteiger partial charge < -0.3 is 9.47 Å². The number of hydrogen-bond acceptors (Lipinski definition) is 5. The second-order valence-corrected chi connectivity index (χ2v) is 5.07. The molecule has 0 radical (unpaired) electrons. The Balaban J connectivity index is 1.77. The lowest BCUT2D eigenvalue weighted by molar-refractivity contribution is -0.154. The minimum Gasteiger partial charge on any atom is -0.479 e. The maximum Gasteiger partial charge on any atom is 0.347 e. The quantitative estimate of drug-likeness (QED) is 0.811. The molecule has 130 valence electrons. The molecule has 1 N–H and O–H groups in total. The van der Waals surface area contributed by atoms with Crippen LogP contribution in [-0.2, 0) is 14.3 Å². The third kappa shape index (κ3) is 5.72. The molecule has 0 spiro atoms. The van der Waals surface area contributed by atoms with Gasteiger partial charge >= 0.3 is 5.97 Å². The lowest BCUT2D eigenvalue weighted by atomic mass is 10.2. The number of rotatable bonds is 6. The van der Waals surface area contributed by atoms with E-state index in [4.69, 9.17) is 9.47 Å². The zero-order valence-electron chi connectivity index (χ0n) is 13.4. The van der Waals surface area contributed by atoms with Gasteiger partial charge in [0.05, 0.1) is 0 Å². The van der Waals surface area contributed by atoms with Crippen LogP contribution >= 0.6 is 0 Å². The number of carbonyl (C=O) groups is 3. The van der Waals surface area contributed by atoms with Crippen LogP contribution in [0.25, 0.3) is 0 Å². The van der Waals surface area contributed by atoms with E-state index in [1.165, 1.54) is 31.2 Å². The van der Waals surface area contributed by atoms with Crippen molar-refractivity contribution in [2.45, 2.75) is 13.0 Å². The third-order valence-electron chi connectivity index (χ3n) is 3.09. The fraction of sp³-hybridized carbons (Fsp3) is 0.167.